The van der Waals surface area contributed by atoms with Crippen molar-refractivity contribution in [3.05, 3.63) is 77.9 Å². The lowest BCUT2D eigenvalue weighted by Crippen LogP contribution is -1.94. The van der Waals surface area contributed by atoms with Gasteiger partial charge in [-0.15, -0.1) is 12.6 Å². The minimum Gasteiger partial charge on any atom is -0.143 e. The summed E-state index contributed by atoms with van der Waals surface area (Å²) in [5.74, 6) is 0. The Balaban J connectivity index is 2.29. The summed E-state index contributed by atoms with van der Waals surface area (Å²) in [6.07, 6.45) is 0. The van der Waals surface area contributed by atoms with Crippen molar-refractivity contribution in [1.82, 2.24) is 0 Å². The summed E-state index contributed by atoms with van der Waals surface area (Å²) in [4.78, 5) is 1.04. The van der Waals surface area contributed by atoms with E-state index >= 15 is 0 Å². The third kappa shape index (κ3) is 2.62. The first kappa shape index (κ1) is 14.0. The van der Waals surface area contributed by atoms with Gasteiger partial charge in [-0.1, -0.05) is 60.7 Å². The summed E-state index contributed by atoms with van der Waals surface area (Å²) in [5, 5.41) is 0. The fraction of sp³-hybridized carbons (Fsp3) is 0.100. The minimum atomic E-state index is 1.04. The van der Waals surface area contributed by atoms with E-state index in [9.17, 15) is 0 Å². The van der Waals surface area contributed by atoms with Gasteiger partial charge in [0, 0.05) is 4.90 Å². The van der Waals surface area contributed by atoms with E-state index in [2.05, 4.69) is 87.1 Å². The molecule has 0 fully saturated rings. The second-order valence-electron chi connectivity index (χ2n) is 5.30. The van der Waals surface area contributed by atoms with Gasteiger partial charge in [-0.05, 0) is 53.3 Å². The Labute approximate surface area is 131 Å². The van der Waals surface area contributed by atoms with Gasteiger partial charge in [0.15, 0.2) is 0 Å². The lowest BCUT2D eigenvalue weighted by Gasteiger charge is -2.17. The quantitative estimate of drug-likeness (QED) is 0.556. The Kier molecular flexibility index (Phi) is 3.85. The molecule has 0 aliphatic rings. The maximum absolute atomic E-state index is 4.68. The number of hydrogen-bond donors (Lipinski definition) is 1. The van der Waals surface area contributed by atoms with Gasteiger partial charge < -0.3 is 0 Å². The summed E-state index contributed by atoms with van der Waals surface area (Å²) < 4.78 is 0. The largest absolute Gasteiger partial charge is 0.143 e. The number of benzene rings is 3. The van der Waals surface area contributed by atoms with Crippen LogP contribution in [0, 0.1) is 13.8 Å². The van der Waals surface area contributed by atoms with E-state index in [1.54, 1.807) is 0 Å². The minimum absolute atomic E-state index is 1.04. The van der Waals surface area contributed by atoms with Crippen molar-refractivity contribution < 1.29 is 0 Å². The van der Waals surface area contributed by atoms with E-state index in [1.807, 2.05) is 6.07 Å². The molecule has 0 N–H and O–H groups in total. The number of hydrogen-bond acceptors (Lipinski definition) is 1. The van der Waals surface area contributed by atoms with E-state index in [0.29, 0.717) is 0 Å². The molecule has 0 atom stereocenters. The molecule has 0 aliphatic carbocycles. The average Bonchev–Trinajstić information content (AvgIpc) is 2.53. The van der Waals surface area contributed by atoms with E-state index in [1.165, 1.54) is 33.4 Å². The standard InChI is InChI=1S/C20H18S/c1-14-18(16-9-5-3-6-10-16)13-19(21)15(2)20(14)17-11-7-4-8-12-17/h3-13,21H,1-2H3. The van der Waals surface area contributed by atoms with Gasteiger partial charge in [-0.2, -0.15) is 0 Å². The monoisotopic (exact) mass is 290 g/mol. The zero-order valence-corrected chi connectivity index (χ0v) is 13.2. The number of rotatable bonds is 2. The molecular formula is C20H18S. The highest BCUT2D eigenvalue weighted by atomic mass is 32.1. The van der Waals surface area contributed by atoms with Gasteiger partial charge in [-0.3, -0.25) is 0 Å². The van der Waals surface area contributed by atoms with E-state index in [-0.39, 0.29) is 0 Å². The first-order chi connectivity index (χ1) is 10.2. The molecule has 0 saturated heterocycles. The van der Waals surface area contributed by atoms with Gasteiger partial charge in [0.2, 0.25) is 0 Å². The molecule has 3 aromatic carbocycles. The Morgan fingerprint density at radius 3 is 1.76 bits per heavy atom. The van der Waals surface area contributed by atoms with Crippen molar-refractivity contribution in [2.24, 2.45) is 0 Å². The molecule has 1 heteroatoms. The maximum Gasteiger partial charge on any atom is 0.00817 e. The highest BCUT2D eigenvalue weighted by molar-refractivity contribution is 7.80. The molecule has 0 radical (unpaired) electrons. The van der Waals surface area contributed by atoms with Crippen molar-refractivity contribution in [1.29, 1.82) is 0 Å². The van der Waals surface area contributed by atoms with Crippen LogP contribution in [0.1, 0.15) is 11.1 Å². The maximum atomic E-state index is 4.68. The average molecular weight is 290 g/mol. The first-order valence-corrected chi connectivity index (χ1v) is 7.57. The highest BCUT2D eigenvalue weighted by Crippen LogP contribution is 2.37. The van der Waals surface area contributed by atoms with Gasteiger partial charge >= 0.3 is 0 Å². The topological polar surface area (TPSA) is 0 Å². The molecule has 0 unspecified atom stereocenters. The molecule has 21 heavy (non-hydrogen) atoms. The van der Waals surface area contributed by atoms with E-state index < -0.39 is 0 Å². The second kappa shape index (κ2) is 5.79. The molecule has 3 aromatic rings. The van der Waals surface area contributed by atoms with Gasteiger partial charge in [0.1, 0.15) is 0 Å². The molecule has 0 saturated carbocycles. The third-order valence-corrected chi connectivity index (χ3v) is 4.43. The lowest BCUT2D eigenvalue weighted by molar-refractivity contribution is 1.27. The zero-order chi connectivity index (χ0) is 14.8. The van der Waals surface area contributed by atoms with E-state index in [0.717, 1.165) is 4.90 Å². The number of thiol groups is 1. The molecule has 0 aliphatic heterocycles. The molecule has 3 rings (SSSR count). The van der Waals surface area contributed by atoms with Crippen LogP contribution in [0.15, 0.2) is 71.6 Å². The second-order valence-corrected chi connectivity index (χ2v) is 5.78. The molecule has 0 nitrogen and oxygen atoms in total. The van der Waals surface area contributed by atoms with Crippen LogP contribution in [-0.2, 0) is 0 Å². The van der Waals surface area contributed by atoms with Crippen molar-refractivity contribution >= 4 is 12.6 Å². The molecule has 0 heterocycles. The molecule has 104 valence electrons. The lowest BCUT2D eigenvalue weighted by atomic mass is 9.89. The van der Waals surface area contributed by atoms with Crippen LogP contribution in [0.2, 0.25) is 0 Å². The summed E-state index contributed by atoms with van der Waals surface area (Å²) in [6, 6.07) is 23.2. The smallest absolute Gasteiger partial charge is 0.00817 e. The van der Waals surface area contributed by atoms with Crippen LogP contribution in [-0.4, -0.2) is 0 Å². The predicted octanol–water partition coefficient (Wildman–Crippen LogP) is 5.93. The zero-order valence-electron chi connectivity index (χ0n) is 12.3. The SMILES string of the molecule is Cc1c(S)cc(-c2ccccc2)c(C)c1-c1ccccc1. The van der Waals surface area contributed by atoms with Gasteiger partial charge in [-0.25, -0.2) is 0 Å². The molecular weight excluding hydrogens is 272 g/mol. The highest BCUT2D eigenvalue weighted by Gasteiger charge is 2.13. The van der Waals surface area contributed by atoms with Crippen molar-refractivity contribution in [2.75, 3.05) is 0 Å². The van der Waals surface area contributed by atoms with Crippen molar-refractivity contribution in [3.63, 3.8) is 0 Å². The Hall–Kier alpha value is -1.99. The van der Waals surface area contributed by atoms with Crippen molar-refractivity contribution in [2.45, 2.75) is 18.7 Å². The molecule has 0 amide bonds. The first-order valence-electron chi connectivity index (χ1n) is 7.12. The summed E-state index contributed by atoms with van der Waals surface area (Å²) in [7, 11) is 0. The Morgan fingerprint density at radius 2 is 1.19 bits per heavy atom. The Bertz CT molecular complexity index is 759. The fourth-order valence-electron chi connectivity index (χ4n) is 2.85. The summed E-state index contributed by atoms with van der Waals surface area (Å²) >= 11 is 4.68. The van der Waals surface area contributed by atoms with Crippen LogP contribution in [0.5, 0.6) is 0 Å². The van der Waals surface area contributed by atoms with Gasteiger partial charge in [0.05, 0.1) is 0 Å². The van der Waals surface area contributed by atoms with Crippen LogP contribution >= 0.6 is 12.6 Å². The molecule has 0 spiro atoms. The molecule has 0 aromatic heterocycles. The fourth-order valence-corrected chi connectivity index (χ4v) is 3.09. The summed E-state index contributed by atoms with van der Waals surface area (Å²) in [5.41, 5.74) is 7.58. The molecule has 0 bridgehead atoms. The summed E-state index contributed by atoms with van der Waals surface area (Å²) in [6.45, 7) is 4.34. The van der Waals surface area contributed by atoms with Crippen LogP contribution in [0.3, 0.4) is 0 Å². The van der Waals surface area contributed by atoms with E-state index in [4.69, 9.17) is 0 Å². The van der Waals surface area contributed by atoms with Crippen molar-refractivity contribution in [3.8, 4) is 22.3 Å². The van der Waals surface area contributed by atoms with Gasteiger partial charge in [0.25, 0.3) is 0 Å². The predicted molar refractivity (Wildman–Crippen MR) is 94.0 cm³/mol. The third-order valence-electron chi connectivity index (χ3n) is 3.97. The normalized spacial score (nSPS) is 10.6. The Morgan fingerprint density at radius 1 is 0.667 bits per heavy atom. The van der Waals surface area contributed by atoms with Crippen LogP contribution in [0.4, 0.5) is 0 Å². The van der Waals surface area contributed by atoms with Crippen LogP contribution < -0.4 is 0 Å². The van der Waals surface area contributed by atoms with Crippen LogP contribution in [0.25, 0.3) is 22.3 Å².